The zero-order valence-electron chi connectivity index (χ0n) is 8.78. The predicted octanol–water partition coefficient (Wildman–Crippen LogP) is 1.75. The molecule has 2 heterocycles. The largest absolute Gasteiger partial charge is 0.456 e. The highest BCUT2D eigenvalue weighted by Crippen LogP contribution is 2.19. The number of hydrogen-bond acceptors (Lipinski definition) is 5. The van der Waals surface area contributed by atoms with E-state index in [9.17, 15) is 0 Å². The molecular weight excluding hydrogens is 194 g/mol. The number of hydrogen-bond donors (Lipinski definition) is 1. The van der Waals surface area contributed by atoms with Crippen LogP contribution in [-0.4, -0.2) is 16.7 Å². The molecule has 2 aromatic rings. The van der Waals surface area contributed by atoms with Crippen LogP contribution >= 0.6 is 0 Å². The predicted molar refractivity (Wildman–Crippen MR) is 54.1 cm³/mol. The van der Waals surface area contributed by atoms with Gasteiger partial charge in [-0.05, 0) is 25.6 Å². The Balaban J connectivity index is 2.13. The summed E-state index contributed by atoms with van der Waals surface area (Å²) >= 11 is 0. The van der Waals surface area contributed by atoms with Gasteiger partial charge in [0.05, 0.1) is 6.54 Å². The van der Waals surface area contributed by atoms with Gasteiger partial charge in [-0.3, -0.25) is 0 Å². The van der Waals surface area contributed by atoms with Gasteiger partial charge in [-0.2, -0.15) is 0 Å². The molecule has 15 heavy (non-hydrogen) atoms. The van der Waals surface area contributed by atoms with Crippen molar-refractivity contribution in [2.75, 3.05) is 6.54 Å². The Bertz CT molecular complexity index is 433. The molecular formula is C10H13N3O2. The third-order valence-electron chi connectivity index (χ3n) is 1.94. The van der Waals surface area contributed by atoms with Crippen molar-refractivity contribution in [1.82, 2.24) is 15.5 Å². The molecule has 0 amide bonds. The number of aromatic nitrogens is 2. The van der Waals surface area contributed by atoms with E-state index >= 15 is 0 Å². The Hall–Kier alpha value is -1.62. The van der Waals surface area contributed by atoms with E-state index in [4.69, 9.17) is 8.83 Å². The highest BCUT2D eigenvalue weighted by molar-refractivity contribution is 5.43. The van der Waals surface area contributed by atoms with E-state index in [1.165, 1.54) is 0 Å². The molecule has 0 radical (unpaired) electrons. The number of aryl methyl sites for hydroxylation is 1. The van der Waals surface area contributed by atoms with Gasteiger partial charge in [-0.15, -0.1) is 10.2 Å². The van der Waals surface area contributed by atoms with Crippen LogP contribution < -0.4 is 5.32 Å². The summed E-state index contributed by atoms with van der Waals surface area (Å²) in [7, 11) is 0. The first-order chi connectivity index (χ1) is 7.29. The number of nitrogens with zero attached hydrogens (tertiary/aromatic N) is 2. The lowest BCUT2D eigenvalue weighted by Gasteiger charge is -1.93. The monoisotopic (exact) mass is 207 g/mol. The SMILES string of the molecule is CCNCc1nnc(-c2ccc(C)o2)o1. The van der Waals surface area contributed by atoms with Gasteiger partial charge in [0.2, 0.25) is 5.89 Å². The molecule has 0 bridgehead atoms. The second-order valence-electron chi connectivity index (χ2n) is 3.19. The van der Waals surface area contributed by atoms with Crippen LogP contribution in [0.25, 0.3) is 11.7 Å². The average molecular weight is 207 g/mol. The molecule has 0 saturated heterocycles. The van der Waals surface area contributed by atoms with Gasteiger partial charge in [0.1, 0.15) is 5.76 Å². The maximum absolute atomic E-state index is 5.41. The van der Waals surface area contributed by atoms with Gasteiger partial charge in [0.25, 0.3) is 5.89 Å². The summed E-state index contributed by atoms with van der Waals surface area (Å²) in [6.07, 6.45) is 0. The van der Waals surface area contributed by atoms with Crippen LogP contribution in [0.15, 0.2) is 21.0 Å². The molecule has 1 N–H and O–H groups in total. The van der Waals surface area contributed by atoms with Crippen LogP contribution in [0.1, 0.15) is 18.6 Å². The first kappa shape index (κ1) is 9.92. The van der Waals surface area contributed by atoms with E-state index in [2.05, 4.69) is 15.5 Å². The smallest absolute Gasteiger partial charge is 0.283 e. The maximum atomic E-state index is 5.41. The fraction of sp³-hybridized carbons (Fsp3) is 0.400. The maximum Gasteiger partial charge on any atom is 0.283 e. The van der Waals surface area contributed by atoms with Crippen molar-refractivity contribution < 1.29 is 8.83 Å². The fourth-order valence-corrected chi connectivity index (χ4v) is 1.21. The van der Waals surface area contributed by atoms with Crippen molar-refractivity contribution in [3.05, 3.63) is 23.8 Å². The van der Waals surface area contributed by atoms with Gasteiger partial charge < -0.3 is 14.2 Å². The standard InChI is InChI=1S/C10H13N3O2/c1-3-11-6-9-12-13-10(15-9)8-5-4-7(2)14-8/h4-5,11H,3,6H2,1-2H3. The highest BCUT2D eigenvalue weighted by atomic mass is 16.4. The molecule has 2 rings (SSSR count). The van der Waals surface area contributed by atoms with Crippen LogP contribution in [0, 0.1) is 6.92 Å². The van der Waals surface area contributed by atoms with E-state index in [-0.39, 0.29) is 0 Å². The normalized spacial score (nSPS) is 10.8. The Kier molecular flexibility index (Phi) is 2.82. The third-order valence-corrected chi connectivity index (χ3v) is 1.94. The van der Waals surface area contributed by atoms with Crippen LogP contribution in [0.3, 0.4) is 0 Å². The van der Waals surface area contributed by atoms with Crippen molar-refractivity contribution in [2.45, 2.75) is 20.4 Å². The highest BCUT2D eigenvalue weighted by Gasteiger charge is 2.10. The summed E-state index contributed by atoms with van der Waals surface area (Å²) in [5, 5.41) is 10.9. The van der Waals surface area contributed by atoms with Crippen molar-refractivity contribution >= 4 is 0 Å². The van der Waals surface area contributed by atoms with E-state index in [0.717, 1.165) is 12.3 Å². The van der Waals surface area contributed by atoms with Gasteiger partial charge in [0, 0.05) is 0 Å². The van der Waals surface area contributed by atoms with Gasteiger partial charge in [0.15, 0.2) is 5.76 Å². The molecule has 0 saturated carbocycles. The molecule has 0 atom stereocenters. The summed E-state index contributed by atoms with van der Waals surface area (Å²) in [4.78, 5) is 0. The molecule has 2 aromatic heterocycles. The summed E-state index contributed by atoms with van der Waals surface area (Å²) in [6, 6.07) is 3.68. The molecule has 0 aliphatic carbocycles. The van der Waals surface area contributed by atoms with Crippen LogP contribution in [0.2, 0.25) is 0 Å². The van der Waals surface area contributed by atoms with Crippen LogP contribution in [0.5, 0.6) is 0 Å². The summed E-state index contributed by atoms with van der Waals surface area (Å²) in [6.45, 7) is 5.35. The zero-order valence-corrected chi connectivity index (χ0v) is 8.78. The van der Waals surface area contributed by atoms with Crippen molar-refractivity contribution in [3.8, 4) is 11.7 Å². The molecule has 0 aromatic carbocycles. The zero-order chi connectivity index (χ0) is 10.7. The molecule has 0 aliphatic rings. The Morgan fingerprint density at radius 3 is 2.80 bits per heavy atom. The second-order valence-corrected chi connectivity index (χ2v) is 3.19. The Morgan fingerprint density at radius 1 is 1.27 bits per heavy atom. The van der Waals surface area contributed by atoms with E-state index < -0.39 is 0 Å². The average Bonchev–Trinajstić information content (AvgIpc) is 2.83. The van der Waals surface area contributed by atoms with Crippen molar-refractivity contribution in [3.63, 3.8) is 0 Å². The quantitative estimate of drug-likeness (QED) is 0.827. The van der Waals surface area contributed by atoms with E-state index in [1.54, 1.807) is 0 Å². The van der Waals surface area contributed by atoms with E-state index in [0.29, 0.717) is 24.1 Å². The molecule has 0 unspecified atom stereocenters. The van der Waals surface area contributed by atoms with E-state index in [1.807, 2.05) is 26.0 Å². The second kappa shape index (κ2) is 4.27. The minimum Gasteiger partial charge on any atom is -0.456 e. The summed E-state index contributed by atoms with van der Waals surface area (Å²) in [5.41, 5.74) is 0. The molecule has 0 fully saturated rings. The first-order valence-corrected chi connectivity index (χ1v) is 4.89. The molecule has 5 nitrogen and oxygen atoms in total. The number of furan rings is 1. The Morgan fingerprint density at radius 2 is 2.13 bits per heavy atom. The number of rotatable bonds is 4. The lowest BCUT2D eigenvalue weighted by Crippen LogP contribution is -2.11. The minimum absolute atomic E-state index is 0.427. The van der Waals surface area contributed by atoms with Gasteiger partial charge in [-0.1, -0.05) is 6.92 Å². The van der Waals surface area contributed by atoms with Crippen LogP contribution in [-0.2, 0) is 6.54 Å². The van der Waals surface area contributed by atoms with Gasteiger partial charge in [-0.25, -0.2) is 0 Å². The van der Waals surface area contributed by atoms with Gasteiger partial charge >= 0.3 is 0 Å². The summed E-state index contributed by atoms with van der Waals surface area (Å²) < 4.78 is 10.8. The number of nitrogens with one attached hydrogen (secondary N) is 1. The first-order valence-electron chi connectivity index (χ1n) is 4.89. The minimum atomic E-state index is 0.427. The fourth-order valence-electron chi connectivity index (χ4n) is 1.21. The lowest BCUT2D eigenvalue weighted by atomic mass is 10.4. The molecule has 0 aliphatic heterocycles. The molecule has 0 spiro atoms. The third kappa shape index (κ3) is 2.24. The summed E-state index contributed by atoms with van der Waals surface area (Å²) in [5.74, 6) is 2.44. The van der Waals surface area contributed by atoms with Crippen molar-refractivity contribution in [2.24, 2.45) is 0 Å². The molecule has 80 valence electrons. The molecule has 5 heteroatoms. The van der Waals surface area contributed by atoms with Crippen molar-refractivity contribution in [1.29, 1.82) is 0 Å². The lowest BCUT2D eigenvalue weighted by molar-refractivity contribution is 0.459. The topological polar surface area (TPSA) is 64.1 Å². The Labute approximate surface area is 87.5 Å². The van der Waals surface area contributed by atoms with Crippen LogP contribution in [0.4, 0.5) is 0 Å².